The Labute approximate surface area is 146 Å². The maximum atomic E-state index is 12.6. The first-order valence-electron chi connectivity index (χ1n) is 7.62. The topological polar surface area (TPSA) is 36.7 Å². The van der Waals surface area contributed by atoms with Crippen molar-refractivity contribution in [3.05, 3.63) is 58.0 Å². The van der Waals surface area contributed by atoms with E-state index in [-0.39, 0.29) is 11.9 Å². The first kappa shape index (κ1) is 17.8. The second kappa shape index (κ2) is 7.79. The smallest absolute Gasteiger partial charge is 0.239 e. The van der Waals surface area contributed by atoms with Crippen molar-refractivity contribution in [3.63, 3.8) is 0 Å². The van der Waals surface area contributed by atoms with Crippen LogP contribution >= 0.6 is 15.9 Å². The molecule has 0 aliphatic heterocycles. The van der Waals surface area contributed by atoms with Crippen molar-refractivity contribution in [2.24, 2.45) is 0 Å². The molecular formula is C18H23BrN2O2. The average Bonchev–Trinajstić information content (AvgIpc) is 2.93. The van der Waals surface area contributed by atoms with Gasteiger partial charge < -0.3 is 9.32 Å². The van der Waals surface area contributed by atoms with Crippen molar-refractivity contribution in [2.45, 2.75) is 33.0 Å². The lowest BCUT2D eigenvalue weighted by atomic mass is 10.1. The molecule has 0 saturated heterocycles. The molecule has 1 aromatic carbocycles. The van der Waals surface area contributed by atoms with Crippen LogP contribution in [0.5, 0.6) is 0 Å². The van der Waals surface area contributed by atoms with Crippen molar-refractivity contribution in [1.29, 1.82) is 0 Å². The van der Waals surface area contributed by atoms with E-state index in [9.17, 15) is 4.79 Å². The van der Waals surface area contributed by atoms with Crippen LogP contribution in [0.25, 0.3) is 0 Å². The number of aryl methyl sites for hydroxylation is 1. The molecule has 124 valence electrons. The van der Waals surface area contributed by atoms with Crippen molar-refractivity contribution >= 4 is 21.8 Å². The zero-order valence-electron chi connectivity index (χ0n) is 14.0. The van der Waals surface area contributed by atoms with Gasteiger partial charge in [-0.1, -0.05) is 24.3 Å². The number of benzene rings is 1. The molecule has 2 aromatic rings. The van der Waals surface area contributed by atoms with E-state index in [1.54, 1.807) is 4.90 Å². The average molecular weight is 379 g/mol. The highest BCUT2D eigenvalue weighted by atomic mass is 79.9. The molecule has 1 aromatic heterocycles. The fourth-order valence-corrected chi connectivity index (χ4v) is 2.79. The Morgan fingerprint density at radius 3 is 2.48 bits per heavy atom. The second-order valence-corrected chi connectivity index (χ2v) is 6.70. The van der Waals surface area contributed by atoms with Crippen molar-refractivity contribution in [3.8, 4) is 0 Å². The summed E-state index contributed by atoms with van der Waals surface area (Å²) < 4.78 is 6.21. The van der Waals surface area contributed by atoms with E-state index in [4.69, 9.17) is 4.42 Å². The van der Waals surface area contributed by atoms with E-state index < -0.39 is 0 Å². The number of carbonyl (C=O) groups excluding carboxylic acids is 1. The molecule has 2 rings (SSSR count). The molecule has 0 spiro atoms. The minimum Gasteiger partial charge on any atom is -0.453 e. The number of likely N-dealkylation sites (N-methyl/N-ethyl adjacent to an activating group) is 2. The second-order valence-electron chi connectivity index (χ2n) is 5.92. The third kappa shape index (κ3) is 4.69. The summed E-state index contributed by atoms with van der Waals surface area (Å²) in [7, 11) is 3.78. The normalized spacial score (nSPS) is 12.4. The number of hydrogen-bond donors (Lipinski definition) is 0. The predicted octanol–water partition coefficient (Wildman–Crippen LogP) is 3.83. The Balaban J connectivity index is 1.96. The van der Waals surface area contributed by atoms with E-state index in [1.807, 2.05) is 50.2 Å². The van der Waals surface area contributed by atoms with Crippen LogP contribution < -0.4 is 0 Å². The summed E-state index contributed by atoms with van der Waals surface area (Å²) in [6.45, 7) is 5.21. The minimum atomic E-state index is -0.215. The largest absolute Gasteiger partial charge is 0.453 e. The van der Waals surface area contributed by atoms with Crippen LogP contribution in [-0.4, -0.2) is 35.8 Å². The van der Waals surface area contributed by atoms with Gasteiger partial charge in [-0.15, -0.1) is 0 Å². The molecule has 1 atom stereocenters. The number of rotatable bonds is 6. The fourth-order valence-electron chi connectivity index (χ4n) is 2.45. The summed E-state index contributed by atoms with van der Waals surface area (Å²) in [5.41, 5.74) is 2.38. The molecule has 5 heteroatoms. The van der Waals surface area contributed by atoms with Gasteiger partial charge >= 0.3 is 0 Å². The Kier molecular flexibility index (Phi) is 6.02. The lowest BCUT2D eigenvalue weighted by molar-refractivity contribution is -0.135. The number of nitrogens with zero attached hydrogens (tertiary/aromatic N) is 2. The fraction of sp³-hybridized carbons (Fsp3) is 0.389. The highest BCUT2D eigenvalue weighted by molar-refractivity contribution is 9.10. The van der Waals surface area contributed by atoms with Crippen LogP contribution in [0.4, 0.5) is 0 Å². The quantitative estimate of drug-likeness (QED) is 0.766. The first-order chi connectivity index (χ1) is 10.9. The van der Waals surface area contributed by atoms with Gasteiger partial charge in [0.2, 0.25) is 5.91 Å². The maximum absolute atomic E-state index is 12.6. The van der Waals surface area contributed by atoms with Gasteiger partial charge in [0.1, 0.15) is 5.76 Å². The number of furan rings is 1. The van der Waals surface area contributed by atoms with Crippen molar-refractivity contribution < 1.29 is 9.21 Å². The van der Waals surface area contributed by atoms with E-state index in [0.717, 1.165) is 5.76 Å². The number of halogens is 1. The van der Waals surface area contributed by atoms with Gasteiger partial charge in [0.25, 0.3) is 0 Å². The summed E-state index contributed by atoms with van der Waals surface area (Å²) in [5, 5.41) is 0. The zero-order valence-corrected chi connectivity index (χ0v) is 15.6. The van der Waals surface area contributed by atoms with Gasteiger partial charge in [-0.3, -0.25) is 9.69 Å². The zero-order chi connectivity index (χ0) is 17.0. The molecule has 0 bridgehead atoms. The van der Waals surface area contributed by atoms with Crippen molar-refractivity contribution in [2.75, 3.05) is 14.1 Å². The Bertz CT molecular complexity index is 669. The van der Waals surface area contributed by atoms with Crippen LogP contribution in [0.2, 0.25) is 0 Å². The molecule has 0 aliphatic rings. The molecule has 0 fully saturated rings. The Morgan fingerprint density at radius 2 is 1.87 bits per heavy atom. The third-order valence-corrected chi connectivity index (χ3v) is 4.52. The Hall–Kier alpha value is -1.59. The van der Waals surface area contributed by atoms with Crippen LogP contribution in [0.1, 0.15) is 23.8 Å². The predicted molar refractivity (Wildman–Crippen MR) is 95.0 cm³/mol. The molecule has 0 saturated carbocycles. The van der Waals surface area contributed by atoms with E-state index >= 15 is 0 Å². The van der Waals surface area contributed by atoms with Gasteiger partial charge in [0.05, 0.1) is 12.6 Å². The van der Waals surface area contributed by atoms with E-state index in [1.165, 1.54) is 11.1 Å². The van der Waals surface area contributed by atoms with Crippen LogP contribution in [0.15, 0.2) is 45.5 Å². The summed E-state index contributed by atoms with van der Waals surface area (Å²) >= 11 is 3.29. The van der Waals surface area contributed by atoms with Crippen LogP contribution in [0.3, 0.4) is 0 Å². The number of carbonyl (C=O) groups is 1. The molecule has 1 unspecified atom stereocenters. The molecule has 0 N–H and O–H groups in total. The van der Waals surface area contributed by atoms with E-state index in [2.05, 4.69) is 35.0 Å². The number of amides is 1. The minimum absolute atomic E-state index is 0.0985. The highest BCUT2D eigenvalue weighted by Crippen LogP contribution is 2.17. The van der Waals surface area contributed by atoms with E-state index in [0.29, 0.717) is 17.8 Å². The summed E-state index contributed by atoms with van der Waals surface area (Å²) in [6, 6.07) is 11.7. The summed E-state index contributed by atoms with van der Waals surface area (Å²) in [4.78, 5) is 16.4. The molecular weight excluding hydrogens is 356 g/mol. The summed E-state index contributed by atoms with van der Waals surface area (Å²) in [6.07, 6.45) is 0. The molecule has 0 aliphatic carbocycles. The molecule has 1 heterocycles. The first-order valence-corrected chi connectivity index (χ1v) is 8.41. The molecule has 23 heavy (non-hydrogen) atoms. The van der Waals surface area contributed by atoms with Gasteiger partial charge in [-0.25, -0.2) is 0 Å². The summed E-state index contributed by atoms with van der Waals surface area (Å²) in [5.74, 6) is 0.932. The maximum Gasteiger partial charge on any atom is 0.239 e. The standard InChI is InChI=1S/C18H23BrN2O2/c1-13-7-5-6-8-15(13)11-21(4)18(22)14(2)20(3)12-16-9-10-17(19)23-16/h5-10,14H,11-12H2,1-4H3. The van der Waals surface area contributed by atoms with Gasteiger partial charge in [0, 0.05) is 13.6 Å². The van der Waals surface area contributed by atoms with Crippen LogP contribution in [0, 0.1) is 6.92 Å². The Morgan fingerprint density at radius 1 is 1.17 bits per heavy atom. The molecule has 1 amide bonds. The monoisotopic (exact) mass is 378 g/mol. The number of hydrogen-bond acceptors (Lipinski definition) is 3. The lowest BCUT2D eigenvalue weighted by Crippen LogP contribution is -2.43. The van der Waals surface area contributed by atoms with Gasteiger partial charge in [-0.2, -0.15) is 0 Å². The third-order valence-electron chi connectivity index (χ3n) is 4.10. The van der Waals surface area contributed by atoms with Crippen molar-refractivity contribution in [1.82, 2.24) is 9.80 Å². The van der Waals surface area contributed by atoms with Gasteiger partial charge in [0.15, 0.2) is 4.67 Å². The van der Waals surface area contributed by atoms with Crippen LogP contribution in [-0.2, 0) is 17.9 Å². The molecule has 0 radical (unpaired) electrons. The lowest BCUT2D eigenvalue weighted by Gasteiger charge is -2.28. The SMILES string of the molecule is Cc1ccccc1CN(C)C(=O)C(C)N(C)Cc1ccc(Br)o1. The highest BCUT2D eigenvalue weighted by Gasteiger charge is 2.22. The molecule has 4 nitrogen and oxygen atoms in total. The van der Waals surface area contributed by atoms with Gasteiger partial charge in [-0.05, 0) is 60.1 Å².